The highest BCUT2D eigenvalue weighted by Gasteiger charge is 2.54. The second-order valence-electron chi connectivity index (χ2n) is 9.85. The number of halogens is 2. The van der Waals surface area contributed by atoms with Gasteiger partial charge in [-0.25, -0.2) is 0 Å². The van der Waals surface area contributed by atoms with Gasteiger partial charge in [-0.1, -0.05) is 83.9 Å². The topological polar surface area (TPSA) is 52.6 Å². The Labute approximate surface area is 236 Å². The molecule has 0 fully saturated rings. The Bertz CT molecular complexity index is 1760. The number of esters is 2. The van der Waals surface area contributed by atoms with Crippen LogP contribution in [0.3, 0.4) is 0 Å². The average Bonchev–Trinajstić information content (AvgIpc) is 3.37. The van der Waals surface area contributed by atoms with E-state index in [0.29, 0.717) is 10.0 Å². The smallest absolute Gasteiger partial charge is 0.323 e. The Balaban J connectivity index is 1.82. The molecule has 0 aliphatic heterocycles. The molecule has 1 aliphatic rings. The molecule has 1 aliphatic carbocycles. The molecule has 5 aromatic rings. The molecule has 5 aromatic carbocycles. The molecule has 6 rings (SSSR count). The zero-order valence-electron chi connectivity index (χ0n) is 21.4. The molecule has 0 unspecified atom stereocenters. The highest BCUT2D eigenvalue weighted by Crippen LogP contribution is 2.52. The van der Waals surface area contributed by atoms with Crippen molar-refractivity contribution in [1.82, 2.24) is 0 Å². The summed E-state index contributed by atoms with van der Waals surface area (Å²) in [5, 5.41) is 5.48. The van der Waals surface area contributed by atoms with Crippen LogP contribution in [0.2, 0.25) is 10.0 Å². The van der Waals surface area contributed by atoms with Crippen LogP contribution in [0.4, 0.5) is 0 Å². The summed E-state index contributed by atoms with van der Waals surface area (Å²) in [7, 11) is 2.61. The van der Waals surface area contributed by atoms with Crippen LogP contribution >= 0.6 is 23.2 Å². The number of hydrogen-bond donors (Lipinski definition) is 0. The molecular weight excluding hydrogens is 531 g/mol. The second-order valence-corrected chi connectivity index (χ2v) is 10.7. The van der Waals surface area contributed by atoms with E-state index >= 15 is 0 Å². The molecule has 0 amide bonds. The summed E-state index contributed by atoms with van der Waals surface area (Å²) in [5.41, 5.74) is 4.18. The van der Waals surface area contributed by atoms with Crippen LogP contribution < -0.4 is 0 Å². The van der Waals surface area contributed by atoms with E-state index in [4.69, 9.17) is 32.7 Å². The Hall–Kier alpha value is -3.86. The van der Waals surface area contributed by atoms with Gasteiger partial charge in [0.2, 0.25) is 0 Å². The lowest BCUT2D eigenvalue weighted by Crippen LogP contribution is -2.42. The molecule has 0 spiro atoms. The van der Waals surface area contributed by atoms with Crippen molar-refractivity contribution in [1.29, 1.82) is 0 Å². The third-order valence-electron chi connectivity index (χ3n) is 7.79. The van der Waals surface area contributed by atoms with Crippen LogP contribution in [-0.4, -0.2) is 26.2 Å². The maximum absolute atomic E-state index is 13.3. The van der Waals surface area contributed by atoms with Gasteiger partial charge >= 0.3 is 11.9 Å². The monoisotopic (exact) mass is 554 g/mol. The van der Waals surface area contributed by atoms with Gasteiger partial charge in [-0.15, -0.1) is 0 Å². The standard InChI is InChI=1S/C33H24Cl2O4/c1-38-31(36)33(32(37)39-2)17-26-27(18-33)29(21-9-14-23(35)15-10-21)30-24-6-4-3-5-19(24)11-16-25(30)28(26)20-7-12-22(34)13-8-20/h3-16H,17-18H2,1-2H3. The average molecular weight is 555 g/mol. The quantitative estimate of drug-likeness (QED) is 0.128. The summed E-state index contributed by atoms with van der Waals surface area (Å²) >= 11 is 12.5. The number of ether oxygens (including phenoxy) is 2. The van der Waals surface area contributed by atoms with E-state index in [2.05, 4.69) is 24.3 Å². The van der Waals surface area contributed by atoms with Crippen LogP contribution in [0.1, 0.15) is 11.1 Å². The van der Waals surface area contributed by atoms with E-state index in [9.17, 15) is 9.59 Å². The molecule has 0 aromatic heterocycles. The first-order valence-electron chi connectivity index (χ1n) is 12.6. The Morgan fingerprint density at radius 3 is 1.72 bits per heavy atom. The van der Waals surface area contributed by atoms with Gasteiger partial charge in [0.15, 0.2) is 5.41 Å². The first kappa shape index (κ1) is 25.4. The lowest BCUT2D eigenvalue weighted by Gasteiger charge is -2.22. The minimum atomic E-state index is -1.50. The lowest BCUT2D eigenvalue weighted by molar-refractivity contribution is -0.168. The fourth-order valence-corrected chi connectivity index (χ4v) is 6.32. The summed E-state index contributed by atoms with van der Waals surface area (Å²) in [6, 6.07) is 27.8. The first-order chi connectivity index (χ1) is 18.9. The number of fused-ring (bicyclic) bond motifs is 4. The Morgan fingerprint density at radius 2 is 1.15 bits per heavy atom. The molecule has 0 saturated carbocycles. The molecule has 0 radical (unpaired) electrons. The van der Waals surface area contributed by atoms with Crippen molar-refractivity contribution in [3.63, 3.8) is 0 Å². The lowest BCUT2D eigenvalue weighted by atomic mass is 9.83. The molecule has 0 saturated heterocycles. The normalized spacial score (nSPS) is 13.8. The number of carbonyl (C=O) groups is 2. The summed E-state index contributed by atoms with van der Waals surface area (Å²) in [4.78, 5) is 26.7. The SMILES string of the molecule is COC(=O)C1(C(=O)OC)Cc2c(c(-c3ccc(Cl)cc3)c3c(ccc4ccccc43)c2-c2ccc(Cl)cc2)C1. The van der Waals surface area contributed by atoms with Gasteiger partial charge in [-0.2, -0.15) is 0 Å². The molecule has 194 valence electrons. The first-order valence-corrected chi connectivity index (χ1v) is 13.3. The molecule has 0 heterocycles. The summed E-state index contributed by atoms with van der Waals surface area (Å²) in [5.74, 6) is -1.22. The van der Waals surface area contributed by atoms with Gasteiger partial charge in [0, 0.05) is 22.9 Å². The van der Waals surface area contributed by atoms with Gasteiger partial charge in [-0.3, -0.25) is 9.59 Å². The molecule has 4 nitrogen and oxygen atoms in total. The van der Waals surface area contributed by atoms with Gasteiger partial charge in [0.05, 0.1) is 14.2 Å². The number of hydrogen-bond acceptors (Lipinski definition) is 4. The van der Waals surface area contributed by atoms with Crippen molar-refractivity contribution < 1.29 is 19.1 Å². The number of methoxy groups -OCH3 is 2. The zero-order valence-corrected chi connectivity index (χ0v) is 22.9. The van der Waals surface area contributed by atoms with E-state index in [1.165, 1.54) is 14.2 Å². The number of carbonyl (C=O) groups excluding carboxylic acids is 2. The predicted molar refractivity (Wildman–Crippen MR) is 156 cm³/mol. The van der Waals surface area contributed by atoms with Crippen molar-refractivity contribution in [2.75, 3.05) is 14.2 Å². The minimum absolute atomic E-state index is 0.152. The third-order valence-corrected chi connectivity index (χ3v) is 8.30. The third kappa shape index (κ3) is 3.98. The maximum atomic E-state index is 13.3. The summed E-state index contributed by atoms with van der Waals surface area (Å²) in [6.07, 6.45) is 0.308. The van der Waals surface area contributed by atoms with Crippen LogP contribution in [-0.2, 0) is 31.9 Å². The maximum Gasteiger partial charge on any atom is 0.323 e. The van der Waals surface area contributed by atoms with Gasteiger partial charge in [0.25, 0.3) is 0 Å². The van der Waals surface area contributed by atoms with E-state index in [1.807, 2.05) is 60.7 Å². The van der Waals surface area contributed by atoms with Crippen molar-refractivity contribution in [2.24, 2.45) is 5.41 Å². The molecule has 39 heavy (non-hydrogen) atoms. The largest absolute Gasteiger partial charge is 0.468 e. The molecule has 0 atom stereocenters. The van der Waals surface area contributed by atoms with Crippen molar-refractivity contribution in [3.05, 3.63) is 106 Å². The molecule has 0 N–H and O–H groups in total. The van der Waals surface area contributed by atoms with E-state index in [-0.39, 0.29) is 12.8 Å². The highest BCUT2D eigenvalue weighted by atomic mass is 35.5. The predicted octanol–water partition coefficient (Wildman–Crippen LogP) is 8.06. The van der Waals surface area contributed by atoms with Gasteiger partial charge in [-0.05, 0) is 79.2 Å². The number of rotatable bonds is 4. The van der Waals surface area contributed by atoms with E-state index in [0.717, 1.165) is 54.9 Å². The van der Waals surface area contributed by atoms with Crippen molar-refractivity contribution in [2.45, 2.75) is 12.8 Å². The van der Waals surface area contributed by atoms with Crippen molar-refractivity contribution in [3.8, 4) is 22.3 Å². The zero-order chi connectivity index (χ0) is 27.3. The Morgan fingerprint density at radius 1 is 0.641 bits per heavy atom. The van der Waals surface area contributed by atoms with Crippen LogP contribution in [0.5, 0.6) is 0 Å². The fourth-order valence-electron chi connectivity index (χ4n) is 6.06. The summed E-state index contributed by atoms with van der Waals surface area (Å²) < 4.78 is 10.4. The highest BCUT2D eigenvalue weighted by molar-refractivity contribution is 6.31. The number of benzene rings is 5. The van der Waals surface area contributed by atoms with E-state index < -0.39 is 17.4 Å². The van der Waals surface area contributed by atoms with Crippen molar-refractivity contribution >= 4 is 56.7 Å². The van der Waals surface area contributed by atoms with Crippen LogP contribution in [0.25, 0.3) is 43.8 Å². The fraction of sp³-hybridized carbons (Fsp3) is 0.152. The van der Waals surface area contributed by atoms with Gasteiger partial charge in [0.1, 0.15) is 0 Å². The van der Waals surface area contributed by atoms with Crippen LogP contribution in [0, 0.1) is 5.41 Å². The minimum Gasteiger partial charge on any atom is -0.468 e. The second kappa shape index (κ2) is 9.71. The summed E-state index contributed by atoms with van der Waals surface area (Å²) in [6.45, 7) is 0. The van der Waals surface area contributed by atoms with E-state index in [1.54, 1.807) is 0 Å². The molecule has 0 bridgehead atoms. The molecule has 6 heteroatoms. The Kier molecular flexibility index (Phi) is 6.33. The van der Waals surface area contributed by atoms with Gasteiger partial charge < -0.3 is 9.47 Å². The molecular formula is C33H24Cl2O4. The van der Waals surface area contributed by atoms with Crippen LogP contribution in [0.15, 0.2) is 84.9 Å².